The summed E-state index contributed by atoms with van der Waals surface area (Å²) in [6, 6.07) is 0. The first kappa shape index (κ1) is 15.1. The van der Waals surface area contributed by atoms with Gasteiger partial charge in [-0.05, 0) is 6.08 Å². The molecule has 0 unspecified atom stereocenters. The van der Waals surface area contributed by atoms with Crippen LogP contribution in [0.5, 0.6) is 0 Å². The van der Waals surface area contributed by atoms with E-state index in [9.17, 15) is 0 Å². The summed E-state index contributed by atoms with van der Waals surface area (Å²) in [7, 11) is -5.17. The molecule has 0 spiro atoms. The molecule has 66 valence electrons. The van der Waals surface area contributed by atoms with Gasteiger partial charge in [-0.1, -0.05) is 0 Å². The average molecular weight is 203 g/mol. The summed E-state index contributed by atoms with van der Waals surface area (Å²) in [5.41, 5.74) is 1.45. The minimum absolute atomic E-state index is 0. The zero-order valence-electron chi connectivity index (χ0n) is 7.11. The second-order valence-corrected chi connectivity index (χ2v) is 2.95. The Kier molecular flexibility index (Phi) is 8.81. The van der Waals surface area contributed by atoms with Crippen LogP contribution in [0.4, 0.5) is 0 Å². The Balaban J connectivity index is 0. The van der Waals surface area contributed by atoms with Crippen LogP contribution in [0.2, 0.25) is 0 Å². The van der Waals surface area contributed by atoms with Gasteiger partial charge < -0.3 is 14.4 Å². The summed E-state index contributed by atoms with van der Waals surface area (Å²) in [6.45, 7) is 3.42. The van der Waals surface area contributed by atoms with Gasteiger partial charge in [-0.15, -0.1) is 0 Å². The van der Waals surface area contributed by atoms with E-state index in [0.717, 1.165) is 0 Å². The van der Waals surface area contributed by atoms with Gasteiger partial charge in [-0.3, -0.25) is 8.42 Å². The van der Waals surface area contributed by atoms with Crippen molar-refractivity contribution in [3.05, 3.63) is 11.8 Å². The van der Waals surface area contributed by atoms with Crippen molar-refractivity contribution in [2.24, 2.45) is 0 Å². The number of hydrogen-bond donors (Lipinski definition) is 1. The maximum atomic E-state index is 8.52. The van der Waals surface area contributed by atoms with Crippen LogP contribution in [0.1, 0.15) is 13.3 Å². The van der Waals surface area contributed by atoms with E-state index in [4.69, 9.17) is 17.5 Å². The van der Waals surface area contributed by atoms with E-state index >= 15 is 0 Å². The molecule has 0 aliphatic carbocycles. The van der Waals surface area contributed by atoms with Crippen LogP contribution in [0.15, 0.2) is 11.8 Å². The van der Waals surface area contributed by atoms with Crippen molar-refractivity contribution in [3.63, 3.8) is 0 Å². The van der Waals surface area contributed by atoms with Crippen LogP contribution in [0.3, 0.4) is 0 Å². The third kappa shape index (κ3) is 16.9. The van der Waals surface area contributed by atoms with E-state index in [1.807, 2.05) is 0 Å². The molecule has 0 aromatic rings. The van der Waals surface area contributed by atoms with Crippen LogP contribution >= 0.6 is 0 Å². The van der Waals surface area contributed by atoms with Crippen LogP contribution in [0.25, 0.3) is 0 Å². The van der Waals surface area contributed by atoms with Gasteiger partial charge in [0, 0.05) is 23.7 Å². The first-order valence-electron chi connectivity index (χ1n) is 3.06. The summed E-state index contributed by atoms with van der Waals surface area (Å²) in [5, 5.41) is 2.26. The molecule has 7 heteroatoms. The molecule has 0 fully saturated rings. The summed E-state index contributed by atoms with van der Waals surface area (Å²) in [6.07, 6.45) is 3.53. The Morgan fingerprint density at radius 1 is 1.50 bits per heavy atom. The van der Waals surface area contributed by atoms with Crippen molar-refractivity contribution in [2.75, 3.05) is 6.54 Å². The molecule has 1 heterocycles. The fraction of sp³-hybridized carbons (Fsp3) is 0.600. The second kappa shape index (κ2) is 7.02. The normalized spacial score (nSPS) is 15.4. The van der Waals surface area contributed by atoms with Gasteiger partial charge in [-0.2, -0.15) is 0 Å². The molecule has 0 aromatic heterocycles. The van der Waals surface area contributed by atoms with Crippen molar-refractivity contribution in [1.29, 1.82) is 0 Å². The zero-order valence-corrected chi connectivity index (χ0v) is 9.93. The molecule has 2 N–H and O–H groups in total. The smallest absolute Gasteiger partial charge is 0.759 e. The first-order chi connectivity index (χ1) is 4.89. The Labute approximate surface area is 94.1 Å². The average Bonchev–Trinajstić information content (AvgIpc) is 2.12. The SMILES string of the molecule is CC1=CCC[NH2+]1.O=S(=O)([O-])[O-].[Na+]. The molecule has 0 amide bonds. The molecule has 12 heavy (non-hydrogen) atoms. The zero-order chi connectivity index (χ0) is 8.91. The summed E-state index contributed by atoms with van der Waals surface area (Å²) < 4.78 is 34.1. The predicted molar refractivity (Wildman–Crippen MR) is 35.6 cm³/mol. The van der Waals surface area contributed by atoms with Crippen molar-refractivity contribution in [3.8, 4) is 0 Å². The maximum Gasteiger partial charge on any atom is 1.00 e. The van der Waals surface area contributed by atoms with E-state index < -0.39 is 10.4 Å². The minimum Gasteiger partial charge on any atom is -0.759 e. The van der Waals surface area contributed by atoms with Crippen molar-refractivity contribution in [2.45, 2.75) is 13.3 Å². The molecule has 0 saturated heterocycles. The molecule has 0 atom stereocenters. The molecule has 0 radical (unpaired) electrons. The summed E-state index contributed by atoms with van der Waals surface area (Å²) in [5.74, 6) is 0. The van der Waals surface area contributed by atoms with Crippen LogP contribution in [-0.2, 0) is 10.4 Å². The molecule has 0 aromatic carbocycles. The van der Waals surface area contributed by atoms with E-state index in [1.54, 1.807) is 0 Å². The Bertz CT molecular complexity index is 228. The Morgan fingerprint density at radius 2 is 1.92 bits per heavy atom. The number of nitrogens with two attached hydrogens (primary N) is 1. The van der Waals surface area contributed by atoms with Gasteiger partial charge in [-0.25, -0.2) is 0 Å². The van der Waals surface area contributed by atoms with Gasteiger partial charge in [0.1, 0.15) is 0 Å². The number of allylic oxidation sites excluding steroid dienone is 1. The summed E-state index contributed by atoms with van der Waals surface area (Å²) in [4.78, 5) is 0. The molecule has 1 aliphatic rings. The molecule has 0 saturated carbocycles. The third-order valence-electron chi connectivity index (χ3n) is 1.10. The molecule has 5 nitrogen and oxygen atoms in total. The molecular formula is C5H10NNaO4S. The fourth-order valence-corrected chi connectivity index (χ4v) is 0.705. The van der Waals surface area contributed by atoms with Crippen molar-refractivity contribution >= 4 is 10.4 Å². The largest absolute Gasteiger partial charge is 1.00 e. The number of quaternary nitrogens is 1. The monoisotopic (exact) mass is 203 g/mol. The topological polar surface area (TPSA) is 96.9 Å². The van der Waals surface area contributed by atoms with E-state index in [2.05, 4.69) is 18.3 Å². The van der Waals surface area contributed by atoms with Crippen LogP contribution < -0.4 is 34.9 Å². The van der Waals surface area contributed by atoms with Crippen molar-refractivity contribution in [1.82, 2.24) is 0 Å². The predicted octanol–water partition coefficient (Wildman–Crippen LogP) is -4.48. The standard InChI is InChI=1S/C5H9N.Na.H2O4S/c1-5-3-2-4-6-5;;1-5(2,3)4/h3,6H,2,4H2,1H3;;(H2,1,2,3,4)/q;+1;/p-1. The third-order valence-corrected chi connectivity index (χ3v) is 1.10. The van der Waals surface area contributed by atoms with E-state index in [1.165, 1.54) is 18.7 Å². The van der Waals surface area contributed by atoms with Gasteiger partial charge in [0.15, 0.2) is 0 Å². The Morgan fingerprint density at radius 3 is 2.00 bits per heavy atom. The fourth-order valence-electron chi connectivity index (χ4n) is 0.705. The number of hydrogen-bond acceptors (Lipinski definition) is 4. The molecule has 1 aliphatic heterocycles. The molecule has 1 rings (SSSR count). The van der Waals surface area contributed by atoms with Gasteiger partial charge in [0.25, 0.3) is 0 Å². The van der Waals surface area contributed by atoms with Crippen LogP contribution in [0, 0.1) is 0 Å². The molecular weight excluding hydrogens is 193 g/mol. The van der Waals surface area contributed by atoms with Crippen LogP contribution in [-0.4, -0.2) is 24.1 Å². The second-order valence-electron chi connectivity index (χ2n) is 2.14. The molecule has 0 bridgehead atoms. The first-order valence-corrected chi connectivity index (χ1v) is 4.39. The summed E-state index contributed by atoms with van der Waals surface area (Å²) >= 11 is 0. The van der Waals surface area contributed by atoms with Gasteiger partial charge in [0.05, 0.1) is 12.2 Å². The Hall–Kier alpha value is 0.570. The van der Waals surface area contributed by atoms with E-state index in [-0.39, 0.29) is 29.6 Å². The van der Waals surface area contributed by atoms with Crippen molar-refractivity contribution < 1.29 is 52.4 Å². The minimum atomic E-state index is -5.17. The number of rotatable bonds is 0. The van der Waals surface area contributed by atoms with Gasteiger partial charge >= 0.3 is 29.6 Å². The maximum absolute atomic E-state index is 8.52. The quantitative estimate of drug-likeness (QED) is 0.244. The van der Waals surface area contributed by atoms with Gasteiger partial charge in [0.2, 0.25) is 0 Å². The van der Waals surface area contributed by atoms with E-state index in [0.29, 0.717) is 0 Å².